The molecule has 0 spiro atoms. The van der Waals surface area contributed by atoms with Gasteiger partial charge in [0.05, 0.1) is 17.3 Å². The maximum absolute atomic E-state index is 12.2. The van der Waals surface area contributed by atoms with E-state index in [1.165, 1.54) is 0 Å². The highest BCUT2D eigenvalue weighted by molar-refractivity contribution is 5.37. The average Bonchev–Trinajstić information content (AvgIpc) is 2.91. The molecule has 0 radical (unpaired) electrons. The number of hydrogen-bond acceptors (Lipinski definition) is 4. The van der Waals surface area contributed by atoms with Gasteiger partial charge in [-0.2, -0.15) is 0 Å². The molecule has 4 heteroatoms. The summed E-state index contributed by atoms with van der Waals surface area (Å²) >= 11 is 0. The number of hydrogen-bond donors (Lipinski definition) is 4. The number of phenols is 1. The zero-order chi connectivity index (χ0) is 20.7. The Balaban J connectivity index is 1.53. The number of phenolic OH excluding ortho intramolecular Hbond substituents is 1. The molecule has 4 aliphatic carbocycles. The molecular formula is C25H36O4. The van der Waals surface area contributed by atoms with Gasteiger partial charge in [-0.15, -0.1) is 0 Å². The molecular weight excluding hydrogens is 364 g/mol. The van der Waals surface area contributed by atoms with Crippen molar-refractivity contribution in [2.75, 3.05) is 0 Å². The topological polar surface area (TPSA) is 80.9 Å². The Morgan fingerprint density at radius 3 is 2.45 bits per heavy atom. The summed E-state index contributed by atoms with van der Waals surface area (Å²) < 4.78 is 0. The summed E-state index contributed by atoms with van der Waals surface area (Å²) in [4.78, 5) is 0. The normalized spacial score (nSPS) is 51.8. The molecule has 4 fully saturated rings. The molecule has 0 aromatic heterocycles. The van der Waals surface area contributed by atoms with Crippen molar-refractivity contribution in [1.82, 2.24) is 0 Å². The van der Waals surface area contributed by atoms with Gasteiger partial charge in [0.1, 0.15) is 5.75 Å². The minimum atomic E-state index is -1.12. The summed E-state index contributed by atoms with van der Waals surface area (Å²) in [5, 5.41) is 44.4. The summed E-state index contributed by atoms with van der Waals surface area (Å²) in [5.41, 5.74) is -1.71. The van der Waals surface area contributed by atoms with Crippen molar-refractivity contribution in [3.8, 4) is 5.75 Å². The molecule has 1 aromatic rings. The maximum atomic E-state index is 12.2. The zero-order valence-corrected chi connectivity index (χ0v) is 17.8. The quantitative estimate of drug-likeness (QED) is 0.572. The molecule has 4 nitrogen and oxygen atoms in total. The third kappa shape index (κ3) is 2.43. The van der Waals surface area contributed by atoms with Gasteiger partial charge in [0, 0.05) is 5.41 Å². The van der Waals surface area contributed by atoms with E-state index in [0.717, 1.165) is 50.5 Å². The minimum absolute atomic E-state index is 0.163. The highest BCUT2D eigenvalue weighted by Gasteiger charge is 2.72. The third-order valence-corrected chi connectivity index (χ3v) is 10.3. The first-order valence-corrected chi connectivity index (χ1v) is 11.6. The lowest BCUT2D eigenvalue weighted by molar-refractivity contribution is -0.238. The van der Waals surface area contributed by atoms with Gasteiger partial charge in [0.25, 0.3) is 0 Å². The van der Waals surface area contributed by atoms with E-state index in [2.05, 4.69) is 13.8 Å². The fraction of sp³-hybridized carbons (Fsp3) is 0.760. The molecule has 0 heterocycles. The molecule has 1 aromatic carbocycles. The first-order valence-electron chi connectivity index (χ1n) is 11.6. The lowest BCUT2D eigenvalue weighted by atomic mass is 9.43. The highest BCUT2D eigenvalue weighted by Crippen LogP contribution is 2.71. The third-order valence-electron chi connectivity index (χ3n) is 10.3. The van der Waals surface area contributed by atoms with Gasteiger partial charge in [0.2, 0.25) is 0 Å². The fourth-order valence-electron chi connectivity index (χ4n) is 8.45. The smallest absolute Gasteiger partial charge is 0.115 e. The van der Waals surface area contributed by atoms with Crippen molar-refractivity contribution in [2.45, 2.75) is 88.9 Å². The van der Waals surface area contributed by atoms with Gasteiger partial charge in [-0.05, 0) is 98.7 Å². The Labute approximate surface area is 174 Å². The first kappa shape index (κ1) is 19.8. The van der Waals surface area contributed by atoms with Crippen LogP contribution >= 0.6 is 0 Å². The van der Waals surface area contributed by atoms with E-state index in [9.17, 15) is 20.4 Å². The van der Waals surface area contributed by atoms with Crippen molar-refractivity contribution < 1.29 is 20.4 Å². The molecule has 4 N–H and O–H groups in total. The highest BCUT2D eigenvalue weighted by atomic mass is 16.3. The van der Waals surface area contributed by atoms with Crippen LogP contribution in [0.1, 0.15) is 77.2 Å². The molecule has 0 unspecified atom stereocenters. The van der Waals surface area contributed by atoms with Crippen LogP contribution in [0.3, 0.4) is 0 Å². The van der Waals surface area contributed by atoms with Gasteiger partial charge in [0.15, 0.2) is 0 Å². The summed E-state index contributed by atoms with van der Waals surface area (Å²) in [6.07, 6.45) is 7.67. The van der Waals surface area contributed by atoms with Gasteiger partial charge in [-0.25, -0.2) is 0 Å². The summed E-state index contributed by atoms with van der Waals surface area (Å²) in [6, 6.07) is 6.98. The Bertz CT molecular complexity index is 810. The molecule has 4 saturated carbocycles. The standard InChI is InChI=1S/C25H36O4/c1-22-10-8-19(27)14-16(22)6-7-21-20(22)9-11-23(2)24(28,12-13-25(21,23)29)17-4-3-5-18(26)15-17/h3-5,15-16,19-21,26-29H,6-14H2,1-2H3/t16-,19+,20+,21-,22+,23-,24+,25+/m1/s1. The SMILES string of the molecule is C[C@]12CC[C@H](O)C[C@H]1CC[C@@H]1[C@@H]2CC[C@]2(C)[C@@](O)(c3cccc(O)c3)CC[C@]12O. The molecule has 160 valence electrons. The number of aromatic hydroxyl groups is 1. The maximum Gasteiger partial charge on any atom is 0.115 e. The van der Waals surface area contributed by atoms with Crippen LogP contribution in [0.25, 0.3) is 0 Å². The molecule has 4 aliphatic rings. The van der Waals surface area contributed by atoms with Crippen LogP contribution in [0, 0.1) is 28.6 Å². The first-order chi connectivity index (χ1) is 13.6. The van der Waals surface area contributed by atoms with E-state index in [1.807, 2.05) is 6.07 Å². The van der Waals surface area contributed by atoms with Crippen LogP contribution in [0.2, 0.25) is 0 Å². The van der Waals surface area contributed by atoms with E-state index >= 15 is 0 Å². The minimum Gasteiger partial charge on any atom is -0.508 e. The largest absolute Gasteiger partial charge is 0.508 e. The Morgan fingerprint density at radius 1 is 0.897 bits per heavy atom. The second-order valence-electron chi connectivity index (χ2n) is 11.1. The van der Waals surface area contributed by atoms with Crippen molar-refractivity contribution in [3.05, 3.63) is 29.8 Å². The second-order valence-corrected chi connectivity index (χ2v) is 11.1. The predicted octanol–water partition coefficient (Wildman–Crippen LogP) is 4.10. The van der Waals surface area contributed by atoms with Crippen molar-refractivity contribution >= 4 is 0 Å². The van der Waals surface area contributed by atoms with E-state index in [-0.39, 0.29) is 23.2 Å². The van der Waals surface area contributed by atoms with Crippen molar-refractivity contribution in [1.29, 1.82) is 0 Å². The van der Waals surface area contributed by atoms with Crippen LogP contribution in [-0.4, -0.2) is 32.1 Å². The average molecular weight is 401 g/mol. The Hall–Kier alpha value is -1.10. The van der Waals surface area contributed by atoms with E-state index < -0.39 is 16.6 Å². The monoisotopic (exact) mass is 400 g/mol. The van der Waals surface area contributed by atoms with Crippen LogP contribution < -0.4 is 0 Å². The van der Waals surface area contributed by atoms with Crippen LogP contribution in [-0.2, 0) is 5.60 Å². The van der Waals surface area contributed by atoms with Gasteiger partial charge >= 0.3 is 0 Å². The van der Waals surface area contributed by atoms with Gasteiger partial charge in [-0.1, -0.05) is 26.0 Å². The molecule has 0 saturated heterocycles. The second kappa shape index (κ2) is 6.21. The van der Waals surface area contributed by atoms with Crippen LogP contribution in [0.5, 0.6) is 5.75 Å². The van der Waals surface area contributed by atoms with Crippen LogP contribution in [0.15, 0.2) is 24.3 Å². The van der Waals surface area contributed by atoms with Crippen molar-refractivity contribution in [3.63, 3.8) is 0 Å². The summed E-state index contributed by atoms with van der Waals surface area (Å²) in [7, 11) is 0. The Kier molecular flexibility index (Phi) is 4.25. The van der Waals surface area contributed by atoms with Gasteiger partial charge < -0.3 is 20.4 Å². The lowest BCUT2D eigenvalue weighted by Crippen LogP contribution is -2.64. The van der Waals surface area contributed by atoms with Gasteiger partial charge in [-0.3, -0.25) is 0 Å². The zero-order valence-electron chi connectivity index (χ0n) is 17.8. The van der Waals surface area contributed by atoms with Crippen molar-refractivity contribution in [2.24, 2.45) is 28.6 Å². The number of benzene rings is 1. The Morgan fingerprint density at radius 2 is 1.69 bits per heavy atom. The number of aliphatic hydroxyl groups is 3. The molecule has 0 bridgehead atoms. The van der Waals surface area contributed by atoms with E-state index in [1.54, 1.807) is 18.2 Å². The molecule has 0 amide bonds. The number of aliphatic hydroxyl groups excluding tert-OH is 1. The molecule has 29 heavy (non-hydrogen) atoms. The van der Waals surface area contributed by atoms with E-state index in [0.29, 0.717) is 24.7 Å². The number of rotatable bonds is 1. The number of fused-ring (bicyclic) bond motifs is 5. The molecule has 8 atom stereocenters. The fourth-order valence-corrected chi connectivity index (χ4v) is 8.45. The molecule has 0 aliphatic heterocycles. The van der Waals surface area contributed by atoms with E-state index in [4.69, 9.17) is 0 Å². The van der Waals surface area contributed by atoms with Crippen LogP contribution in [0.4, 0.5) is 0 Å². The molecule has 5 rings (SSSR count). The summed E-state index contributed by atoms with van der Waals surface area (Å²) in [5.74, 6) is 1.37. The lowest BCUT2D eigenvalue weighted by Gasteiger charge is -2.64. The summed E-state index contributed by atoms with van der Waals surface area (Å²) in [6.45, 7) is 4.49. The predicted molar refractivity (Wildman–Crippen MR) is 111 cm³/mol.